The van der Waals surface area contributed by atoms with Crippen molar-refractivity contribution in [1.29, 1.82) is 0 Å². The van der Waals surface area contributed by atoms with Gasteiger partial charge >= 0.3 is 0 Å². The molecule has 0 unspecified atom stereocenters. The number of carbonyl (C=O) groups is 1. The third-order valence-electron chi connectivity index (χ3n) is 4.48. The van der Waals surface area contributed by atoms with Gasteiger partial charge in [-0.1, -0.05) is 53.5 Å². The Hall–Kier alpha value is -3.48. The highest BCUT2D eigenvalue weighted by atomic mass is 35.5. The Morgan fingerprint density at radius 3 is 1.72 bits per heavy atom. The summed E-state index contributed by atoms with van der Waals surface area (Å²) in [4.78, 5) is 16.8. The van der Waals surface area contributed by atoms with E-state index in [1.54, 1.807) is 48.8 Å². The second kappa shape index (κ2) is 11.2. The molecule has 0 aromatic heterocycles. The minimum Gasteiger partial charge on any atom is -0.267 e. The lowest BCUT2D eigenvalue weighted by molar-refractivity contribution is 0.100. The zero-order chi connectivity index (χ0) is 22.9. The van der Waals surface area contributed by atoms with Crippen LogP contribution in [-0.4, -0.2) is 24.3 Å². The number of rotatable bonds is 5. The topological polar surface area (TPSA) is 78.2 Å². The summed E-state index contributed by atoms with van der Waals surface area (Å²) >= 11 is 11.8. The molecule has 8 heteroatoms. The normalized spacial score (nSPS) is 11.0. The van der Waals surface area contributed by atoms with E-state index < -0.39 is 5.91 Å². The first-order chi connectivity index (χ1) is 15.4. The SMILES string of the molecule is Cc1ccc(C(=O)N=C(NN=Cc2ccc(Cl)cc2)NN=Cc2ccc(Cl)cc2)cc1C. The van der Waals surface area contributed by atoms with E-state index in [0.29, 0.717) is 15.6 Å². The highest BCUT2D eigenvalue weighted by Crippen LogP contribution is 2.11. The summed E-state index contributed by atoms with van der Waals surface area (Å²) in [5.74, 6) is -0.352. The van der Waals surface area contributed by atoms with Crippen molar-refractivity contribution in [2.24, 2.45) is 15.2 Å². The minimum absolute atomic E-state index is 0.0728. The van der Waals surface area contributed by atoms with Gasteiger partial charge in [0.1, 0.15) is 0 Å². The van der Waals surface area contributed by atoms with Crippen LogP contribution >= 0.6 is 23.2 Å². The van der Waals surface area contributed by atoms with Crippen LogP contribution in [0.2, 0.25) is 10.0 Å². The van der Waals surface area contributed by atoms with Crippen LogP contribution < -0.4 is 10.9 Å². The minimum atomic E-state index is -0.425. The third-order valence-corrected chi connectivity index (χ3v) is 4.98. The van der Waals surface area contributed by atoms with Crippen LogP contribution in [0.15, 0.2) is 81.9 Å². The van der Waals surface area contributed by atoms with Crippen LogP contribution in [0, 0.1) is 13.8 Å². The Kier molecular flexibility index (Phi) is 8.14. The summed E-state index contributed by atoms with van der Waals surface area (Å²) in [6.07, 6.45) is 3.16. The predicted molar refractivity (Wildman–Crippen MR) is 132 cm³/mol. The van der Waals surface area contributed by atoms with Gasteiger partial charge in [0.15, 0.2) is 0 Å². The molecule has 2 N–H and O–H groups in total. The Morgan fingerprint density at radius 1 is 0.750 bits per heavy atom. The molecule has 6 nitrogen and oxygen atoms in total. The highest BCUT2D eigenvalue weighted by Gasteiger charge is 2.08. The van der Waals surface area contributed by atoms with E-state index in [9.17, 15) is 4.79 Å². The van der Waals surface area contributed by atoms with Crippen LogP contribution in [0.4, 0.5) is 0 Å². The van der Waals surface area contributed by atoms with Gasteiger partial charge in [0, 0.05) is 15.6 Å². The van der Waals surface area contributed by atoms with Crippen LogP contribution in [0.3, 0.4) is 0 Å². The monoisotopic (exact) mass is 465 g/mol. The largest absolute Gasteiger partial charge is 0.280 e. The van der Waals surface area contributed by atoms with Gasteiger partial charge < -0.3 is 0 Å². The van der Waals surface area contributed by atoms with Crippen LogP contribution in [0.25, 0.3) is 0 Å². The van der Waals surface area contributed by atoms with Crippen molar-refractivity contribution in [2.75, 3.05) is 0 Å². The molecule has 0 saturated carbocycles. The van der Waals surface area contributed by atoms with Gasteiger partial charge in [-0.05, 0) is 72.5 Å². The van der Waals surface area contributed by atoms with E-state index in [0.717, 1.165) is 22.3 Å². The maximum Gasteiger partial charge on any atom is 0.280 e. The van der Waals surface area contributed by atoms with Gasteiger partial charge in [-0.25, -0.2) is 10.9 Å². The summed E-state index contributed by atoms with van der Waals surface area (Å²) in [6, 6.07) is 19.7. The van der Waals surface area contributed by atoms with Gasteiger partial charge in [-0.3, -0.25) is 4.79 Å². The van der Waals surface area contributed by atoms with E-state index in [2.05, 4.69) is 26.0 Å². The molecule has 0 atom stereocenters. The van der Waals surface area contributed by atoms with E-state index in [1.165, 1.54) is 0 Å². The van der Waals surface area contributed by atoms with Crippen molar-refractivity contribution in [2.45, 2.75) is 13.8 Å². The Morgan fingerprint density at radius 2 is 1.25 bits per heavy atom. The molecule has 0 radical (unpaired) electrons. The number of amides is 1. The van der Waals surface area contributed by atoms with Gasteiger partial charge in [0.05, 0.1) is 12.4 Å². The molecule has 0 aliphatic heterocycles. The van der Waals surface area contributed by atoms with Crippen molar-refractivity contribution >= 4 is 47.5 Å². The molecule has 3 rings (SSSR count). The Labute approximate surface area is 196 Å². The molecular formula is C24H21Cl2N5O. The first kappa shape index (κ1) is 23.2. The van der Waals surface area contributed by atoms with Gasteiger partial charge in [-0.15, -0.1) is 0 Å². The first-order valence-corrected chi connectivity index (χ1v) is 10.5. The summed E-state index contributed by atoms with van der Waals surface area (Å²) in [6.45, 7) is 3.93. The molecule has 0 aliphatic carbocycles. The Bertz CT molecular complexity index is 1110. The lowest BCUT2D eigenvalue weighted by atomic mass is 10.1. The molecule has 0 bridgehead atoms. The number of nitrogens with zero attached hydrogens (tertiary/aromatic N) is 3. The van der Waals surface area contributed by atoms with Crippen molar-refractivity contribution in [3.63, 3.8) is 0 Å². The average Bonchev–Trinajstić information content (AvgIpc) is 2.78. The lowest BCUT2D eigenvalue weighted by Crippen LogP contribution is -2.32. The molecule has 0 spiro atoms. The van der Waals surface area contributed by atoms with E-state index in [-0.39, 0.29) is 5.96 Å². The maximum atomic E-state index is 12.7. The number of aliphatic imine (C=N–C) groups is 1. The summed E-state index contributed by atoms with van der Waals surface area (Å²) in [5.41, 5.74) is 9.68. The smallest absolute Gasteiger partial charge is 0.267 e. The molecule has 162 valence electrons. The fraction of sp³-hybridized carbons (Fsp3) is 0.0833. The van der Waals surface area contributed by atoms with Gasteiger partial charge in [0.25, 0.3) is 5.91 Å². The number of aryl methyl sites for hydroxylation is 2. The van der Waals surface area contributed by atoms with Gasteiger partial charge in [-0.2, -0.15) is 15.2 Å². The summed E-state index contributed by atoms with van der Waals surface area (Å²) < 4.78 is 0. The summed E-state index contributed by atoms with van der Waals surface area (Å²) in [7, 11) is 0. The molecular weight excluding hydrogens is 445 g/mol. The number of benzene rings is 3. The second-order valence-electron chi connectivity index (χ2n) is 6.91. The van der Waals surface area contributed by atoms with E-state index in [1.807, 2.05) is 44.2 Å². The number of carbonyl (C=O) groups excluding carboxylic acids is 1. The molecule has 3 aromatic rings. The second-order valence-corrected chi connectivity index (χ2v) is 7.78. The number of nitrogens with one attached hydrogen (secondary N) is 2. The van der Waals surface area contributed by atoms with E-state index in [4.69, 9.17) is 23.2 Å². The molecule has 0 heterocycles. The number of hydrogen-bond donors (Lipinski definition) is 2. The van der Waals surface area contributed by atoms with Crippen molar-refractivity contribution < 1.29 is 4.79 Å². The van der Waals surface area contributed by atoms with Gasteiger partial charge in [0.2, 0.25) is 5.96 Å². The molecule has 0 saturated heterocycles. The third kappa shape index (κ3) is 7.04. The highest BCUT2D eigenvalue weighted by molar-refractivity contribution is 6.30. The summed E-state index contributed by atoms with van der Waals surface area (Å²) in [5, 5.41) is 9.53. The van der Waals surface area contributed by atoms with E-state index >= 15 is 0 Å². The molecule has 3 aromatic carbocycles. The fourth-order valence-electron chi connectivity index (χ4n) is 2.55. The van der Waals surface area contributed by atoms with Crippen molar-refractivity contribution in [1.82, 2.24) is 10.9 Å². The standard InChI is InChI=1S/C24H21Cl2N5O/c1-16-3-8-20(13-17(16)2)23(32)29-24(30-27-14-18-4-9-21(25)10-5-18)31-28-15-19-6-11-22(26)12-7-19/h3-15H,1-2H3,(H2,29,30,31,32). The zero-order valence-electron chi connectivity index (χ0n) is 17.5. The number of halogens is 2. The van der Waals surface area contributed by atoms with Crippen LogP contribution in [0.1, 0.15) is 32.6 Å². The quantitative estimate of drug-likeness (QED) is 0.302. The van der Waals surface area contributed by atoms with Crippen LogP contribution in [-0.2, 0) is 0 Å². The van der Waals surface area contributed by atoms with Crippen molar-refractivity contribution in [3.05, 3.63) is 105 Å². The number of hydrogen-bond acceptors (Lipinski definition) is 3. The zero-order valence-corrected chi connectivity index (χ0v) is 19.0. The predicted octanol–water partition coefficient (Wildman–Crippen LogP) is 5.35. The van der Waals surface area contributed by atoms with Crippen LogP contribution in [0.5, 0.6) is 0 Å². The molecule has 0 fully saturated rings. The molecule has 32 heavy (non-hydrogen) atoms. The lowest BCUT2D eigenvalue weighted by Gasteiger charge is -2.06. The molecule has 0 aliphatic rings. The number of guanidine groups is 1. The van der Waals surface area contributed by atoms with Crippen molar-refractivity contribution in [3.8, 4) is 0 Å². The maximum absolute atomic E-state index is 12.7. The Balaban J connectivity index is 1.77. The fourth-order valence-corrected chi connectivity index (χ4v) is 2.80. The average molecular weight is 466 g/mol. The number of hydrazone groups is 2. The first-order valence-electron chi connectivity index (χ1n) is 9.70. The molecule has 1 amide bonds.